The molecule has 0 amide bonds. The fourth-order valence-corrected chi connectivity index (χ4v) is 9.80. The molecule has 0 N–H and O–H groups in total. The van der Waals surface area contributed by atoms with E-state index < -0.39 is 0 Å². The predicted octanol–water partition coefficient (Wildman–Crippen LogP) is 5.21. The Morgan fingerprint density at radius 1 is 1.06 bits per heavy atom. The molecule has 32 heavy (non-hydrogen) atoms. The Hall–Kier alpha value is -1.30. The van der Waals surface area contributed by atoms with Crippen LogP contribution in [0.3, 0.4) is 0 Å². The summed E-state index contributed by atoms with van der Waals surface area (Å²) in [6.07, 6.45) is 10.5. The molecule has 5 rings (SSSR count). The lowest BCUT2D eigenvalue weighted by atomic mass is 9.46. The SMILES string of the molecule is CC(=O)O[C@H]1C=C2C[C@H](SC(C)=O)[C@@H]3[C@H](CC[C@@]4(C)[C@H]3CC[C@@]43CCC(=O)O3)[C@@]2(C)CC1. The summed E-state index contributed by atoms with van der Waals surface area (Å²) in [5.74, 6) is 1.19. The summed E-state index contributed by atoms with van der Waals surface area (Å²) in [5, 5.41) is 0.419. The van der Waals surface area contributed by atoms with Gasteiger partial charge in [-0.1, -0.05) is 31.2 Å². The molecule has 1 saturated heterocycles. The third-order valence-electron chi connectivity index (χ3n) is 10.0. The minimum absolute atomic E-state index is 0.00243. The molecule has 0 aromatic rings. The van der Waals surface area contributed by atoms with E-state index in [-0.39, 0.29) is 44.8 Å². The topological polar surface area (TPSA) is 69.7 Å². The van der Waals surface area contributed by atoms with Crippen molar-refractivity contribution in [3.05, 3.63) is 11.6 Å². The zero-order valence-electron chi connectivity index (χ0n) is 19.8. The van der Waals surface area contributed by atoms with Gasteiger partial charge in [-0.05, 0) is 80.6 Å². The van der Waals surface area contributed by atoms with Crippen LogP contribution in [-0.4, -0.2) is 34.0 Å². The fraction of sp³-hybridized carbons (Fsp3) is 0.808. The molecule has 5 nitrogen and oxygen atoms in total. The maximum absolute atomic E-state index is 12.3. The maximum atomic E-state index is 12.3. The molecule has 0 bridgehead atoms. The van der Waals surface area contributed by atoms with E-state index in [2.05, 4.69) is 19.9 Å². The van der Waals surface area contributed by atoms with Crippen molar-refractivity contribution in [2.75, 3.05) is 0 Å². The summed E-state index contributed by atoms with van der Waals surface area (Å²) in [7, 11) is 0. The van der Waals surface area contributed by atoms with Gasteiger partial charge in [0.1, 0.15) is 11.7 Å². The van der Waals surface area contributed by atoms with Gasteiger partial charge >= 0.3 is 11.9 Å². The highest BCUT2D eigenvalue weighted by molar-refractivity contribution is 8.14. The number of carbonyl (C=O) groups excluding carboxylic acids is 3. The Balaban J connectivity index is 1.51. The van der Waals surface area contributed by atoms with Crippen LogP contribution in [-0.2, 0) is 23.9 Å². The van der Waals surface area contributed by atoms with Crippen molar-refractivity contribution in [2.24, 2.45) is 28.6 Å². The number of hydrogen-bond donors (Lipinski definition) is 0. The summed E-state index contributed by atoms with van der Waals surface area (Å²) in [4.78, 5) is 36.0. The summed E-state index contributed by atoms with van der Waals surface area (Å²) in [6, 6.07) is 0. The molecule has 3 saturated carbocycles. The Bertz CT molecular complexity index is 881. The highest BCUT2D eigenvalue weighted by Crippen LogP contribution is 2.70. The van der Waals surface area contributed by atoms with Crippen LogP contribution in [0.4, 0.5) is 0 Å². The first kappa shape index (κ1) is 22.5. The number of rotatable bonds is 2. The van der Waals surface area contributed by atoms with Crippen molar-refractivity contribution >= 4 is 28.8 Å². The van der Waals surface area contributed by atoms with Crippen molar-refractivity contribution in [3.8, 4) is 0 Å². The average molecular weight is 461 g/mol. The van der Waals surface area contributed by atoms with Crippen LogP contribution in [0.15, 0.2) is 11.6 Å². The lowest BCUT2D eigenvalue weighted by Gasteiger charge is -2.61. The molecule has 5 aliphatic rings. The van der Waals surface area contributed by atoms with E-state index in [0.717, 1.165) is 51.4 Å². The van der Waals surface area contributed by atoms with Crippen molar-refractivity contribution in [2.45, 2.75) is 102 Å². The first-order valence-corrected chi connectivity index (χ1v) is 13.2. The van der Waals surface area contributed by atoms with Gasteiger partial charge in [0.2, 0.25) is 0 Å². The highest BCUT2D eigenvalue weighted by Gasteiger charge is 2.68. The second kappa shape index (κ2) is 7.61. The monoisotopic (exact) mass is 460 g/mol. The van der Waals surface area contributed by atoms with Crippen LogP contribution in [0.2, 0.25) is 0 Å². The van der Waals surface area contributed by atoms with Gasteiger partial charge in [-0.15, -0.1) is 0 Å². The minimum atomic E-state index is -0.296. The van der Waals surface area contributed by atoms with Crippen LogP contribution in [0.1, 0.15) is 85.5 Å². The molecule has 4 aliphatic carbocycles. The summed E-state index contributed by atoms with van der Waals surface area (Å²) in [6.45, 7) is 7.95. The molecule has 0 radical (unpaired) electrons. The zero-order valence-corrected chi connectivity index (χ0v) is 20.6. The van der Waals surface area contributed by atoms with Gasteiger partial charge in [-0.3, -0.25) is 14.4 Å². The smallest absolute Gasteiger partial charge is 0.306 e. The molecule has 4 fully saturated rings. The standard InChI is InChI=1S/C26H36O5S/c1-15(27)30-18-5-9-24(3)17(13-18)14-21(32-16(2)28)23-19(24)6-10-25(4)20(23)7-11-26(25)12-8-22(29)31-26/h13,18-21,23H,5-12,14H2,1-4H3/t18-,19+,20+,21+,23-,24+,25+,26-/m1/s1. The number of allylic oxidation sites excluding steroid dienone is 1. The Labute approximate surface area is 195 Å². The number of thioether (sulfide) groups is 1. The van der Waals surface area contributed by atoms with E-state index in [0.29, 0.717) is 24.2 Å². The Morgan fingerprint density at radius 2 is 1.81 bits per heavy atom. The predicted molar refractivity (Wildman–Crippen MR) is 123 cm³/mol. The molecular formula is C26H36O5S. The number of carbonyl (C=O) groups is 3. The fourth-order valence-electron chi connectivity index (χ4n) is 8.57. The van der Waals surface area contributed by atoms with Gasteiger partial charge in [-0.2, -0.15) is 0 Å². The molecule has 0 aromatic carbocycles. The minimum Gasteiger partial charge on any atom is -0.458 e. The van der Waals surface area contributed by atoms with Crippen molar-refractivity contribution in [3.63, 3.8) is 0 Å². The summed E-state index contributed by atoms with van der Waals surface area (Å²) in [5.41, 5.74) is 1.19. The molecular weight excluding hydrogens is 424 g/mol. The number of ether oxygens (including phenoxy) is 2. The summed E-state index contributed by atoms with van der Waals surface area (Å²) < 4.78 is 11.6. The lowest BCUT2D eigenvalue weighted by Crippen LogP contribution is -2.58. The van der Waals surface area contributed by atoms with Crippen molar-refractivity contribution in [1.82, 2.24) is 0 Å². The van der Waals surface area contributed by atoms with Crippen molar-refractivity contribution < 1.29 is 23.9 Å². The molecule has 0 aromatic heterocycles. The third-order valence-corrected chi connectivity index (χ3v) is 11.2. The number of esters is 2. The van der Waals surface area contributed by atoms with Gasteiger partial charge < -0.3 is 9.47 Å². The molecule has 0 unspecified atom stereocenters. The van der Waals surface area contributed by atoms with Crippen LogP contribution in [0.5, 0.6) is 0 Å². The van der Waals surface area contributed by atoms with E-state index in [1.54, 1.807) is 6.92 Å². The first-order valence-electron chi connectivity index (χ1n) is 12.4. The molecule has 1 spiro atoms. The third kappa shape index (κ3) is 3.22. The molecule has 176 valence electrons. The normalized spacial score (nSPS) is 47.2. The number of hydrogen-bond acceptors (Lipinski definition) is 6. The van der Waals surface area contributed by atoms with Crippen molar-refractivity contribution in [1.29, 1.82) is 0 Å². The first-order chi connectivity index (χ1) is 15.1. The highest BCUT2D eigenvalue weighted by atomic mass is 32.2. The van der Waals surface area contributed by atoms with E-state index >= 15 is 0 Å². The lowest BCUT2D eigenvalue weighted by molar-refractivity contribution is -0.167. The second-order valence-electron chi connectivity index (χ2n) is 11.4. The molecule has 6 heteroatoms. The molecule has 1 aliphatic heterocycles. The zero-order chi connectivity index (χ0) is 22.9. The Morgan fingerprint density at radius 3 is 2.47 bits per heavy atom. The maximum Gasteiger partial charge on any atom is 0.306 e. The molecule has 8 atom stereocenters. The van der Waals surface area contributed by atoms with Gasteiger partial charge in [-0.25, -0.2) is 0 Å². The second-order valence-corrected chi connectivity index (χ2v) is 12.8. The van der Waals surface area contributed by atoms with Crippen LogP contribution < -0.4 is 0 Å². The van der Waals surface area contributed by atoms with Crippen LogP contribution in [0.25, 0.3) is 0 Å². The van der Waals surface area contributed by atoms with Gasteiger partial charge in [0.05, 0.1) is 0 Å². The van der Waals surface area contributed by atoms with E-state index in [1.807, 2.05) is 0 Å². The van der Waals surface area contributed by atoms with Gasteiger partial charge in [0, 0.05) is 30.9 Å². The van der Waals surface area contributed by atoms with Gasteiger partial charge in [0.25, 0.3) is 0 Å². The molecule has 1 heterocycles. The quantitative estimate of drug-likeness (QED) is 0.416. The largest absolute Gasteiger partial charge is 0.458 e. The van der Waals surface area contributed by atoms with E-state index in [4.69, 9.17) is 9.47 Å². The van der Waals surface area contributed by atoms with Gasteiger partial charge in [0.15, 0.2) is 5.12 Å². The Kier molecular flexibility index (Phi) is 5.35. The van der Waals surface area contributed by atoms with Crippen LogP contribution in [0, 0.1) is 28.6 Å². The van der Waals surface area contributed by atoms with Crippen LogP contribution >= 0.6 is 11.8 Å². The average Bonchev–Trinajstić information content (AvgIpc) is 3.22. The van der Waals surface area contributed by atoms with E-state index in [1.165, 1.54) is 24.3 Å². The van der Waals surface area contributed by atoms with E-state index in [9.17, 15) is 14.4 Å². The number of fused-ring (bicyclic) bond motifs is 6. The summed E-state index contributed by atoms with van der Waals surface area (Å²) >= 11 is 1.51.